The van der Waals surface area contributed by atoms with Crippen molar-refractivity contribution in [2.24, 2.45) is 0 Å². The fraction of sp³-hybridized carbons (Fsp3) is 1.00. The topological polar surface area (TPSA) is 9.23 Å². The summed E-state index contributed by atoms with van der Waals surface area (Å²) in [7, 11) is 1.61. The van der Waals surface area contributed by atoms with Gasteiger partial charge in [0.1, 0.15) is 6.17 Å². The third-order valence-corrected chi connectivity index (χ3v) is 2.42. The molecule has 1 aliphatic carbocycles. The highest BCUT2D eigenvalue weighted by Gasteiger charge is 2.21. The molecule has 2 heteroatoms. The Morgan fingerprint density at radius 2 is 1.73 bits per heavy atom. The Morgan fingerprint density at radius 1 is 1.09 bits per heavy atom. The van der Waals surface area contributed by atoms with Crippen LogP contribution in [0.1, 0.15) is 38.5 Å². The number of ether oxygens (including phenoxy) is 1. The zero-order chi connectivity index (χ0) is 8.10. The lowest BCUT2D eigenvalue weighted by Crippen LogP contribution is -2.25. The van der Waals surface area contributed by atoms with E-state index >= 15 is 0 Å². The van der Waals surface area contributed by atoms with Crippen molar-refractivity contribution in [3.8, 4) is 0 Å². The second-order valence-corrected chi connectivity index (χ2v) is 3.28. The zero-order valence-corrected chi connectivity index (χ0v) is 7.18. The van der Waals surface area contributed by atoms with E-state index in [0.717, 1.165) is 19.3 Å². The second kappa shape index (κ2) is 4.70. The summed E-state index contributed by atoms with van der Waals surface area (Å²) in [6.07, 6.45) is 5.33. The molecule has 1 nitrogen and oxygen atoms in total. The molecule has 0 saturated heterocycles. The van der Waals surface area contributed by atoms with Crippen molar-refractivity contribution in [2.45, 2.75) is 50.8 Å². The standard InChI is InChI=1S/C9H17FO/c1-11-9-7-5-3-2-4-6-8(9)10/h8-9H,2-7H2,1H3. The van der Waals surface area contributed by atoms with Crippen molar-refractivity contribution in [3.05, 3.63) is 0 Å². The van der Waals surface area contributed by atoms with Crippen LogP contribution < -0.4 is 0 Å². The van der Waals surface area contributed by atoms with Gasteiger partial charge in [0.05, 0.1) is 6.10 Å². The van der Waals surface area contributed by atoms with Gasteiger partial charge in [-0.15, -0.1) is 0 Å². The van der Waals surface area contributed by atoms with Gasteiger partial charge in [0.25, 0.3) is 0 Å². The van der Waals surface area contributed by atoms with Gasteiger partial charge in [0.15, 0.2) is 0 Å². The minimum absolute atomic E-state index is 0.129. The number of rotatable bonds is 1. The summed E-state index contributed by atoms with van der Waals surface area (Å²) < 4.78 is 18.2. The molecule has 0 radical (unpaired) electrons. The molecule has 66 valence electrons. The van der Waals surface area contributed by atoms with Crippen LogP contribution in [0.4, 0.5) is 4.39 Å². The zero-order valence-electron chi connectivity index (χ0n) is 7.18. The van der Waals surface area contributed by atoms with Gasteiger partial charge >= 0.3 is 0 Å². The maximum Gasteiger partial charge on any atom is 0.126 e. The van der Waals surface area contributed by atoms with Gasteiger partial charge in [-0.05, 0) is 12.8 Å². The normalized spacial score (nSPS) is 34.4. The smallest absolute Gasteiger partial charge is 0.126 e. The van der Waals surface area contributed by atoms with Gasteiger partial charge in [-0.25, -0.2) is 4.39 Å². The van der Waals surface area contributed by atoms with Crippen molar-refractivity contribution in [1.82, 2.24) is 0 Å². The van der Waals surface area contributed by atoms with E-state index in [-0.39, 0.29) is 6.10 Å². The molecular formula is C9H17FO. The molecule has 0 bridgehead atoms. The number of hydrogen-bond acceptors (Lipinski definition) is 1. The quantitative estimate of drug-likeness (QED) is 0.573. The van der Waals surface area contributed by atoms with Crippen LogP contribution in [0.25, 0.3) is 0 Å². The number of methoxy groups -OCH3 is 1. The van der Waals surface area contributed by atoms with Crippen LogP contribution >= 0.6 is 0 Å². The molecule has 2 unspecified atom stereocenters. The van der Waals surface area contributed by atoms with Crippen LogP contribution in [0.2, 0.25) is 0 Å². The predicted molar refractivity (Wildman–Crippen MR) is 43.4 cm³/mol. The Morgan fingerprint density at radius 3 is 2.36 bits per heavy atom. The van der Waals surface area contributed by atoms with Gasteiger partial charge in [-0.2, -0.15) is 0 Å². The van der Waals surface area contributed by atoms with Crippen molar-refractivity contribution in [3.63, 3.8) is 0 Å². The van der Waals surface area contributed by atoms with Gasteiger partial charge in [-0.1, -0.05) is 25.7 Å². The summed E-state index contributed by atoms with van der Waals surface area (Å²) >= 11 is 0. The summed E-state index contributed by atoms with van der Waals surface area (Å²) in [5.41, 5.74) is 0. The van der Waals surface area contributed by atoms with E-state index in [1.165, 1.54) is 12.8 Å². The van der Waals surface area contributed by atoms with Crippen molar-refractivity contribution in [2.75, 3.05) is 7.11 Å². The van der Waals surface area contributed by atoms with Crippen LogP contribution in [-0.4, -0.2) is 19.4 Å². The molecule has 11 heavy (non-hydrogen) atoms. The Hall–Kier alpha value is -0.110. The molecule has 0 aromatic carbocycles. The van der Waals surface area contributed by atoms with E-state index in [9.17, 15) is 4.39 Å². The third-order valence-electron chi connectivity index (χ3n) is 2.42. The molecule has 0 heterocycles. The monoisotopic (exact) mass is 160 g/mol. The first-order valence-corrected chi connectivity index (χ1v) is 4.51. The van der Waals surface area contributed by atoms with Crippen LogP contribution in [0.5, 0.6) is 0 Å². The number of hydrogen-bond donors (Lipinski definition) is 0. The van der Waals surface area contributed by atoms with Gasteiger partial charge in [0.2, 0.25) is 0 Å². The fourth-order valence-electron chi connectivity index (χ4n) is 1.67. The van der Waals surface area contributed by atoms with Crippen molar-refractivity contribution < 1.29 is 9.13 Å². The first-order valence-electron chi connectivity index (χ1n) is 4.51. The number of alkyl halides is 1. The first kappa shape index (κ1) is 8.98. The Labute approximate surface area is 67.9 Å². The van der Waals surface area contributed by atoms with E-state index in [0.29, 0.717) is 6.42 Å². The van der Waals surface area contributed by atoms with Crippen LogP contribution in [0.3, 0.4) is 0 Å². The molecule has 1 rings (SSSR count). The van der Waals surface area contributed by atoms with Crippen LogP contribution in [0.15, 0.2) is 0 Å². The molecule has 0 amide bonds. The Kier molecular flexibility index (Phi) is 3.84. The average Bonchev–Trinajstić information content (AvgIpc) is 1.98. The highest BCUT2D eigenvalue weighted by atomic mass is 19.1. The van der Waals surface area contributed by atoms with Crippen LogP contribution in [-0.2, 0) is 4.74 Å². The Balaban J connectivity index is 2.33. The second-order valence-electron chi connectivity index (χ2n) is 3.28. The molecule has 1 aliphatic rings. The summed E-state index contributed by atoms with van der Waals surface area (Å²) in [5.74, 6) is 0. The van der Waals surface area contributed by atoms with Crippen LogP contribution in [0, 0.1) is 0 Å². The van der Waals surface area contributed by atoms with Crippen molar-refractivity contribution in [1.29, 1.82) is 0 Å². The minimum atomic E-state index is -0.722. The van der Waals surface area contributed by atoms with E-state index in [1.54, 1.807) is 7.11 Å². The van der Waals surface area contributed by atoms with Gasteiger partial charge in [-0.3, -0.25) is 0 Å². The summed E-state index contributed by atoms with van der Waals surface area (Å²) in [6, 6.07) is 0. The summed E-state index contributed by atoms with van der Waals surface area (Å²) in [5, 5.41) is 0. The molecule has 0 spiro atoms. The maximum absolute atomic E-state index is 13.2. The maximum atomic E-state index is 13.2. The minimum Gasteiger partial charge on any atom is -0.378 e. The molecule has 0 N–H and O–H groups in total. The molecular weight excluding hydrogens is 143 g/mol. The molecule has 0 aromatic heterocycles. The molecule has 0 aliphatic heterocycles. The van der Waals surface area contributed by atoms with Gasteiger partial charge in [0, 0.05) is 7.11 Å². The van der Waals surface area contributed by atoms with Gasteiger partial charge < -0.3 is 4.74 Å². The van der Waals surface area contributed by atoms with E-state index in [1.807, 2.05) is 0 Å². The molecule has 1 fully saturated rings. The lowest BCUT2D eigenvalue weighted by molar-refractivity contribution is 0.0165. The van der Waals surface area contributed by atoms with E-state index in [2.05, 4.69) is 0 Å². The highest BCUT2D eigenvalue weighted by Crippen LogP contribution is 2.21. The number of halogens is 1. The fourth-order valence-corrected chi connectivity index (χ4v) is 1.67. The van der Waals surface area contributed by atoms with Crippen molar-refractivity contribution >= 4 is 0 Å². The molecule has 0 aromatic rings. The average molecular weight is 160 g/mol. The lowest BCUT2D eigenvalue weighted by atomic mass is 9.97. The van der Waals surface area contributed by atoms with E-state index in [4.69, 9.17) is 4.74 Å². The lowest BCUT2D eigenvalue weighted by Gasteiger charge is -2.21. The molecule has 2 atom stereocenters. The SMILES string of the molecule is COC1CCCCCCC1F. The largest absolute Gasteiger partial charge is 0.378 e. The predicted octanol–water partition coefficient (Wildman–Crippen LogP) is 2.69. The Bertz CT molecular complexity index is 106. The summed E-state index contributed by atoms with van der Waals surface area (Å²) in [6.45, 7) is 0. The molecule has 1 saturated carbocycles. The summed E-state index contributed by atoms with van der Waals surface area (Å²) in [4.78, 5) is 0. The van der Waals surface area contributed by atoms with E-state index < -0.39 is 6.17 Å². The third kappa shape index (κ3) is 2.78. The first-order chi connectivity index (χ1) is 5.34. The highest BCUT2D eigenvalue weighted by molar-refractivity contribution is 4.71.